The Balaban J connectivity index is 0.00000384. The van der Waals surface area contributed by atoms with Crippen LogP contribution in [0, 0.1) is 0 Å². The van der Waals surface area contributed by atoms with E-state index >= 15 is 0 Å². The molecule has 0 saturated heterocycles. The van der Waals surface area contributed by atoms with E-state index in [0.717, 1.165) is 18.2 Å². The van der Waals surface area contributed by atoms with E-state index in [1.165, 1.54) is 24.3 Å². The van der Waals surface area contributed by atoms with Crippen molar-refractivity contribution in [3.8, 4) is 5.75 Å². The van der Waals surface area contributed by atoms with E-state index in [2.05, 4.69) is 35.8 Å². The van der Waals surface area contributed by atoms with Gasteiger partial charge >= 0.3 is 118 Å². The van der Waals surface area contributed by atoms with Crippen molar-refractivity contribution in [3.05, 3.63) is 83.6 Å². The number of nitrogens with one attached hydrogen (secondary N) is 2. The van der Waals surface area contributed by atoms with E-state index in [0.29, 0.717) is 24.3 Å². The molecule has 0 spiro atoms. The van der Waals surface area contributed by atoms with Crippen LogP contribution in [0.25, 0.3) is 21.5 Å². The zero-order valence-corrected chi connectivity index (χ0v) is 46.4. The first-order chi connectivity index (χ1) is 26.4. The number of anilines is 4. The Morgan fingerprint density at radius 3 is 1.77 bits per heavy atom. The maximum atomic E-state index is 12.4. The number of benzene rings is 5. The molecule has 3 N–H and O–H groups in total. The number of aromatic hydroxyl groups is 1. The monoisotopic (exact) mass is 991 g/mol. The quantitative estimate of drug-likeness (QED) is 0.0616. The number of carboxylic acid groups (broad SMARTS) is 1. The maximum absolute atomic E-state index is 12.4. The number of phenolic OH excluding ortho intramolecular Hbond substituents is 1. The van der Waals surface area contributed by atoms with Gasteiger partial charge in [0, 0.05) is 45.9 Å². The number of hydrogen-bond donors (Lipinski definition) is 3. The number of aromatic carboxylic acids is 1. The molecular weight excluding hydrogens is 977 g/mol. The molecule has 0 aliphatic heterocycles. The fraction of sp³-hybridized carbons (Fsp3) is 0. The van der Waals surface area contributed by atoms with Gasteiger partial charge in [0.1, 0.15) is 51.8 Å². The summed E-state index contributed by atoms with van der Waals surface area (Å²) in [5.41, 5.74) is -3.69. The molecule has 0 fully saturated rings. The zero-order valence-electron chi connectivity index (χ0n) is 32.3. The van der Waals surface area contributed by atoms with Gasteiger partial charge in [-0.05, 0) is 64.8 Å². The summed E-state index contributed by atoms with van der Waals surface area (Å²) in [6.45, 7) is 0. The molecule has 5 aromatic carbocycles. The average Bonchev–Trinajstić information content (AvgIpc) is 3.08. The van der Waals surface area contributed by atoms with Crippen LogP contribution in [-0.4, -0.2) is 107 Å². The largest absolute Gasteiger partial charge is 1.00 e. The van der Waals surface area contributed by atoms with Gasteiger partial charge in [0.15, 0.2) is 5.75 Å². The standard InChI is InChI=1S/C30H20ClN7O15S4.5Na/c31-28-34-29(32-19-8-6-15(54(42,43)44)11-18(19)27(40)41)36-30(35-28)33-21-12-16(55(45,46)47)9-14-10-22(56(48,49)50)24(25(39)23(14)21)38-37-20-7-5-13-3-1-2-4-17(13)26(20)57(51,52)53;;;;;/h1-12,39H,(H,40,41)(H,42,43,44)(H,45,46,47)(H,48,49,50)(H,51,52,53)(H2,32,33,34,35,36);;;;;/q;;4*+1/p-5. The van der Waals surface area contributed by atoms with E-state index < -0.39 is 128 Å². The predicted molar refractivity (Wildman–Crippen MR) is 194 cm³/mol. The van der Waals surface area contributed by atoms with Crippen LogP contribution in [0.3, 0.4) is 0 Å². The van der Waals surface area contributed by atoms with Crippen molar-refractivity contribution in [1.29, 1.82) is 0 Å². The third kappa shape index (κ3) is 13.6. The minimum Gasteiger partial charge on any atom is -0.744 e. The molecule has 0 saturated carbocycles. The van der Waals surface area contributed by atoms with Gasteiger partial charge in [-0.25, -0.2) is 33.7 Å². The summed E-state index contributed by atoms with van der Waals surface area (Å²) in [6.07, 6.45) is 0. The Morgan fingerprint density at radius 1 is 0.645 bits per heavy atom. The smallest absolute Gasteiger partial charge is 0.744 e. The van der Waals surface area contributed by atoms with Gasteiger partial charge in [-0.15, -0.1) is 10.2 Å². The number of nitrogens with zero attached hydrogens (tertiary/aromatic N) is 5. The Labute approximate surface area is 466 Å². The molecule has 22 nitrogen and oxygen atoms in total. The van der Waals surface area contributed by atoms with Gasteiger partial charge in [-0.1, -0.05) is 30.3 Å². The van der Waals surface area contributed by atoms with E-state index in [9.17, 15) is 66.9 Å². The topological polar surface area (TPSA) is 377 Å². The van der Waals surface area contributed by atoms with Gasteiger partial charge in [0.25, 0.3) is 0 Å². The van der Waals surface area contributed by atoms with Gasteiger partial charge in [0.05, 0.1) is 36.9 Å². The minimum absolute atomic E-state index is 0. The Kier molecular flexibility index (Phi) is 21.6. The molecule has 6 aromatic rings. The second kappa shape index (κ2) is 22.7. The number of aromatic nitrogens is 3. The zero-order chi connectivity index (χ0) is 41.8. The van der Waals surface area contributed by atoms with E-state index in [4.69, 9.17) is 11.6 Å². The third-order valence-corrected chi connectivity index (χ3v) is 11.2. The summed E-state index contributed by atoms with van der Waals surface area (Å²) in [6, 6.07) is 11.9. The minimum atomic E-state index is -5.65. The summed E-state index contributed by atoms with van der Waals surface area (Å²) in [7, 11) is -21.5. The molecule has 0 amide bonds. The summed E-state index contributed by atoms with van der Waals surface area (Å²) in [5.74, 6) is -4.43. The molecule has 1 radical (unpaired) electrons. The van der Waals surface area contributed by atoms with Crippen LogP contribution < -0.4 is 134 Å². The molecule has 32 heteroatoms. The van der Waals surface area contributed by atoms with Gasteiger partial charge < -0.3 is 43.9 Å². The number of carbonyl (C=O) groups excluding carboxylic acids is 1. The van der Waals surface area contributed by atoms with Gasteiger partial charge in [0.2, 0.25) is 17.2 Å². The molecule has 1 heterocycles. The SMILES string of the molecule is O=C([O-])c1cc(S(=O)(=O)[O-])ccc1Nc1nc(Cl)nc(Nc2cc(S(=O)(=O)[O-])cc3cc(S(=O)(=O)[O-])c(N=Nc4ccc5ccccc5c4S(=O)(=O)[O-])c(O)c23)n1.[Na+].[Na+].[Na+].[Na+].[Na]. The molecule has 297 valence electrons. The Hall–Kier alpha value is -0.970. The molecule has 0 unspecified atom stereocenters. The normalized spacial score (nSPS) is 11.6. The molecule has 0 aliphatic rings. The first-order valence-electron chi connectivity index (χ1n) is 14.8. The molecule has 0 aliphatic carbocycles. The number of fused-ring (bicyclic) bond motifs is 2. The van der Waals surface area contributed by atoms with Crippen LogP contribution in [0.2, 0.25) is 5.28 Å². The van der Waals surface area contributed by atoms with Crippen LogP contribution in [0.1, 0.15) is 10.4 Å². The van der Waals surface area contributed by atoms with Crippen molar-refractivity contribution in [3.63, 3.8) is 0 Å². The summed E-state index contributed by atoms with van der Waals surface area (Å²) in [5, 5.41) is 33.6. The Bertz CT molecular complexity index is 3230. The second-order valence-corrected chi connectivity index (χ2v) is 17.1. The molecule has 1 aromatic heterocycles. The second-order valence-electron chi connectivity index (χ2n) is 11.3. The fourth-order valence-corrected chi connectivity index (χ4v) is 7.98. The summed E-state index contributed by atoms with van der Waals surface area (Å²) < 4.78 is 145. The van der Waals surface area contributed by atoms with Crippen molar-refractivity contribution in [1.82, 2.24) is 15.0 Å². The number of phenols is 1. The van der Waals surface area contributed by atoms with Crippen molar-refractivity contribution < 1.29 is 185 Å². The Morgan fingerprint density at radius 2 is 1.23 bits per heavy atom. The van der Waals surface area contributed by atoms with Crippen molar-refractivity contribution in [2.75, 3.05) is 10.6 Å². The molecular formula is C30H15ClN7Na5O15S4-. The van der Waals surface area contributed by atoms with Crippen molar-refractivity contribution in [2.24, 2.45) is 10.2 Å². The van der Waals surface area contributed by atoms with Crippen LogP contribution in [0.5, 0.6) is 5.75 Å². The number of rotatable bonds is 11. The van der Waals surface area contributed by atoms with Crippen LogP contribution in [-0.2, 0) is 40.5 Å². The van der Waals surface area contributed by atoms with E-state index in [1.807, 2.05) is 0 Å². The fourth-order valence-electron chi connectivity index (χ4n) is 5.33. The number of halogens is 1. The molecule has 6 rings (SSSR count). The van der Waals surface area contributed by atoms with Crippen molar-refractivity contribution in [2.45, 2.75) is 19.6 Å². The van der Waals surface area contributed by atoms with Crippen LogP contribution in [0.15, 0.2) is 103 Å². The first-order valence-corrected chi connectivity index (χ1v) is 20.8. The first kappa shape index (κ1) is 59.0. The third-order valence-electron chi connectivity index (χ3n) is 7.65. The van der Waals surface area contributed by atoms with Crippen molar-refractivity contribution >= 4 is 144 Å². The predicted octanol–water partition coefficient (Wildman–Crippen LogP) is -9.95. The summed E-state index contributed by atoms with van der Waals surface area (Å²) >= 11 is 6.02. The van der Waals surface area contributed by atoms with Crippen LogP contribution in [0.4, 0.5) is 34.6 Å². The van der Waals surface area contributed by atoms with E-state index in [1.54, 1.807) is 6.07 Å². The molecule has 0 bridgehead atoms. The van der Waals surface area contributed by atoms with Gasteiger partial charge in [-0.2, -0.15) is 15.0 Å². The number of hydrogen-bond acceptors (Lipinski definition) is 22. The van der Waals surface area contributed by atoms with Gasteiger partial charge in [-0.3, -0.25) is 0 Å². The van der Waals surface area contributed by atoms with E-state index in [-0.39, 0.29) is 159 Å². The molecule has 0 atom stereocenters. The number of carboxylic acids is 1. The number of carbonyl (C=O) groups is 1. The summed E-state index contributed by atoms with van der Waals surface area (Å²) in [4.78, 5) is 19.0. The number of azo groups is 1. The maximum Gasteiger partial charge on any atom is 1.00 e. The molecule has 62 heavy (non-hydrogen) atoms. The average molecular weight is 992 g/mol. The van der Waals surface area contributed by atoms with Crippen LogP contribution >= 0.6 is 11.6 Å².